The Balaban J connectivity index is 2.01. The average Bonchev–Trinajstić information content (AvgIpc) is 3.17. The molecule has 0 aliphatic carbocycles. The lowest BCUT2D eigenvalue weighted by molar-refractivity contribution is -0.116. The zero-order chi connectivity index (χ0) is 26.5. The molecular weight excluding hydrogens is 515 g/mol. The number of aromatic nitrogens is 2. The number of anilines is 1. The van der Waals surface area contributed by atoms with Crippen molar-refractivity contribution in [2.24, 2.45) is 0 Å². The third kappa shape index (κ3) is 4.36. The van der Waals surface area contributed by atoms with Crippen LogP contribution < -0.4 is 11.1 Å². The molecule has 4 rings (SSSR count). The van der Waals surface area contributed by atoms with E-state index in [1.54, 1.807) is 19.9 Å². The van der Waals surface area contributed by atoms with Gasteiger partial charge in [-0.05, 0) is 55.7 Å². The Bertz CT molecular complexity index is 1560. The lowest BCUT2D eigenvalue weighted by atomic mass is 9.87. The van der Waals surface area contributed by atoms with Gasteiger partial charge in [0.05, 0.1) is 12.2 Å². The molecular formula is C23H22ClFN4O6S. The topological polar surface area (TPSA) is 142 Å². The molecule has 10 nitrogen and oxygen atoms in total. The van der Waals surface area contributed by atoms with Crippen molar-refractivity contribution in [2.75, 3.05) is 11.9 Å². The number of rotatable bonds is 5. The Labute approximate surface area is 210 Å². The lowest BCUT2D eigenvalue weighted by Crippen LogP contribution is -2.41. The number of nitrogens with zero attached hydrogens (tertiary/aromatic N) is 2. The molecule has 1 aliphatic heterocycles. The fourth-order valence-electron chi connectivity index (χ4n) is 4.48. The highest BCUT2D eigenvalue weighted by Crippen LogP contribution is 2.43. The molecule has 2 atom stereocenters. The van der Waals surface area contributed by atoms with Gasteiger partial charge in [-0.1, -0.05) is 24.6 Å². The van der Waals surface area contributed by atoms with E-state index in [0.717, 1.165) is 16.8 Å². The molecule has 190 valence electrons. The summed E-state index contributed by atoms with van der Waals surface area (Å²) in [5, 5.41) is 8.42. The summed E-state index contributed by atoms with van der Waals surface area (Å²) in [6.07, 6.45) is 0. The molecule has 2 heterocycles. The first-order valence-electron chi connectivity index (χ1n) is 10.8. The van der Waals surface area contributed by atoms with Crippen LogP contribution in [-0.2, 0) is 14.8 Å². The fraction of sp³-hybridized carbons (Fsp3) is 0.304. The maximum atomic E-state index is 15.1. The minimum Gasteiger partial charge on any atom is -0.391 e. The number of aryl methyl sites for hydroxylation is 1. The molecule has 2 aromatic carbocycles. The number of nitrogens with one attached hydrogen (secondary N) is 2. The molecule has 2 N–H and O–H groups in total. The van der Waals surface area contributed by atoms with E-state index in [-0.39, 0.29) is 27.7 Å². The number of amides is 1. The monoisotopic (exact) mass is 536 g/mol. The van der Waals surface area contributed by atoms with Gasteiger partial charge in [-0.3, -0.25) is 9.59 Å². The van der Waals surface area contributed by atoms with E-state index in [0.29, 0.717) is 5.56 Å². The highest BCUT2D eigenvalue weighted by atomic mass is 35.5. The second-order valence-electron chi connectivity index (χ2n) is 8.57. The predicted octanol–water partition coefficient (Wildman–Crippen LogP) is 3.46. The minimum atomic E-state index is -4.64. The fourth-order valence-corrected chi connectivity index (χ4v) is 6.66. The smallest absolute Gasteiger partial charge is 0.391 e. The number of fused-ring (bicyclic) bond motifs is 1. The normalized spacial score (nSPS) is 17.1. The molecule has 0 spiro atoms. The number of benzene rings is 2. The van der Waals surface area contributed by atoms with Crippen LogP contribution in [0.5, 0.6) is 0 Å². The molecule has 36 heavy (non-hydrogen) atoms. The standard InChI is InChI=1S/C23H22ClFN4O6S/c1-10-5-6-16(25)19(11(10)2)12(3)20(22-27-28-23(32)35-22)29-9-18(31)26-17-8-14(24)7-15(13(4)30)21(17)36(29,33)34/h5-8,12,20H,9H2,1-4H3,(H,26,31)(H,28,32)/t12-,20+/m1/s1. The van der Waals surface area contributed by atoms with Crippen LogP contribution in [0.4, 0.5) is 10.1 Å². The summed E-state index contributed by atoms with van der Waals surface area (Å²) >= 11 is 6.08. The lowest BCUT2D eigenvalue weighted by Gasteiger charge is -2.32. The van der Waals surface area contributed by atoms with Gasteiger partial charge in [0.15, 0.2) is 5.78 Å². The van der Waals surface area contributed by atoms with Crippen molar-refractivity contribution in [3.8, 4) is 0 Å². The van der Waals surface area contributed by atoms with Gasteiger partial charge in [-0.25, -0.2) is 22.7 Å². The highest BCUT2D eigenvalue weighted by Gasteiger charge is 2.45. The van der Waals surface area contributed by atoms with E-state index in [2.05, 4.69) is 15.5 Å². The molecule has 0 radical (unpaired) electrons. The highest BCUT2D eigenvalue weighted by molar-refractivity contribution is 7.89. The molecule has 1 amide bonds. The summed E-state index contributed by atoms with van der Waals surface area (Å²) in [5.74, 6) is -4.27. The third-order valence-corrected chi connectivity index (χ3v) is 8.40. The first kappa shape index (κ1) is 25.7. The van der Waals surface area contributed by atoms with Gasteiger partial charge < -0.3 is 9.73 Å². The van der Waals surface area contributed by atoms with E-state index in [9.17, 15) is 22.8 Å². The van der Waals surface area contributed by atoms with Crippen molar-refractivity contribution in [3.05, 3.63) is 73.8 Å². The molecule has 0 unspecified atom stereocenters. The number of sulfonamides is 1. The van der Waals surface area contributed by atoms with Crippen LogP contribution in [0.3, 0.4) is 0 Å². The summed E-state index contributed by atoms with van der Waals surface area (Å²) in [6.45, 7) is 5.42. The Kier molecular flexibility index (Phi) is 6.62. The van der Waals surface area contributed by atoms with Crippen LogP contribution in [0.2, 0.25) is 5.02 Å². The van der Waals surface area contributed by atoms with Gasteiger partial charge in [0.1, 0.15) is 16.8 Å². The molecule has 0 bridgehead atoms. The van der Waals surface area contributed by atoms with Crippen LogP contribution in [0.1, 0.15) is 58.7 Å². The van der Waals surface area contributed by atoms with Crippen LogP contribution in [0.15, 0.2) is 38.4 Å². The number of carbonyl (C=O) groups excluding carboxylic acids is 2. The molecule has 0 saturated carbocycles. The number of ketones is 1. The van der Waals surface area contributed by atoms with Gasteiger partial charge in [-0.15, -0.1) is 5.10 Å². The van der Waals surface area contributed by atoms with Gasteiger partial charge in [0, 0.05) is 16.5 Å². The Morgan fingerprint density at radius 3 is 2.56 bits per heavy atom. The summed E-state index contributed by atoms with van der Waals surface area (Å²) < 4.78 is 49.2. The first-order chi connectivity index (χ1) is 16.8. The Hall–Kier alpha value is -3.35. The summed E-state index contributed by atoms with van der Waals surface area (Å²) in [4.78, 5) is 36.6. The van der Waals surface area contributed by atoms with Crippen LogP contribution in [0.25, 0.3) is 0 Å². The maximum absolute atomic E-state index is 15.1. The zero-order valence-electron chi connectivity index (χ0n) is 19.7. The molecule has 0 fully saturated rings. The van der Waals surface area contributed by atoms with E-state index in [1.807, 2.05) is 0 Å². The van der Waals surface area contributed by atoms with Gasteiger partial charge >= 0.3 is 5.76 Å². The summed E-state index contributed by atoms with van der Waals surface area (Å²) in [5.41, 5.74) is 1.05. The number of aromatic amines is 1. The van der Waals surface area contributed by atoms with E-state index in [4.69, 9.17) is 16.0 Å². The second-order valence-corrected chi connectivity index (χ2v) is 10.8. The summed E-state index contributed by atoms with van der Waals surface area (Å²) in [7, 11) is -4.64. The Morgan fingerprint density at radius 2 is 1.94 bits per heavy atom. The van der Waals surface area contributed by atoms with Crippen molar-refractivity contribution in [3.63, 3.8) is 0 Å². The third-order valence-electron chi connectivity index (χ3n) is 6.25. The molecule has 13 heteroatoms. The average molecular weight is 537 g/mol. The number of hydrogen-bond donors (Lipinski definition) is 2. The molecule has 1 aromatic heterocycles. The van der Waals surface area contributed by atoms with Gasteiger partial charge in [0.2, 0.25) is 21.8 Å². The zero-order valence-corrected chi connectivity index (χ0v) is 21.3. The largest absolute Gasteiger partial charge is 0.434 e. The van der Waals surface area contributed by atoms with Crippen molar-refractivity contribution in [1.29, 1.82) is 0 Å². The molecule has 3 aromatic rings. The first-order valence-corrected chi connectivity index (χ1v) is 12.6. The number of carbonyl (C=O) groups is 2. The van der Waals surface area contributed by atoms with Crippen molar-refractivity contribution in [1.82, 2.24) is 14.5 Å². The van der Waals surface area contributed by atoms with Gasteiger partial charge in [0.25, 0.3) is 0 Å². The van der Waals surface area contributed by atoms with Crippen molar-refractivity contribution in [2.45, 2.75) is 44.6 Å². The van der Waals surface area contributed by atoms with E-state index < -0.39 is 56.7 Å². The van der Waals surface area contributed by atoms with Crippen molar-refractivity contribution >= 4 is 39.0 Å². The molecule has 0 saturated heterocycles. The number of halogens is 2. The quantitative estimate of drug-likeness (QED) is 0.475. The predicted molar refractivity (Wildman–Crippen MR) is 128 cm³/mol. The van der Waals surface area contributed by atoms with Crippen LogP contribution in [0, 0.1) is 19.7 Å². The number of hydrogen-bond acceptors (Lipinski definition) is 7. The summed E-state index contributed by atoms with van der Waals surface area (Å²) in [6, 6.07) is 3.81. The minimum absolute atomic E-state index is 0.0450. The van der Waals surface area contributed by atoms with E-state index in [1.165, 1.54) is 25.1 Å². The van der Waals surface area contributed by atoms with Gasteiger partial charge in [-0.2, -0.15) is 4.31 Å². The maximum Gasteiger partial charge on any atom is 0.434 e. The SMILES string of the molecule is CC(=O)c1cc(Cl)cc2c1S(=O)(=O)N([C@H](c1n[nH]c(=O)o1)[C@H](C)c1c(F)ccc(C)c1C)CC(=O)N2. The van der Waals surface area contributed by atoms with Crippen LogP contribution in [-0.4, -0.2) is 41.2 Å². The number of H-pyrrole nitrogens is 1. The van der Waals surface area contributed by atoms with Crippen molar-refractivity contribution < 1.29 is 26.8 Å². The van der Waals surface area contributed by atoms with Crippen LogP contribution >= 0.6 is 11.6 Å². The van der Waals surface area contributed by atoms with E-state index >= 15 is 4.39 Å². The molecule has 1 aliphatic rings. The Morgan fingerprint density at radius 1 is 1.25 bits per heavy atom. The second kappa shape index (κ2) is 9.26. The number of Topliss-reactive ketones (excluding diaryl/α,β-unsaturated/α-hetero) is 1.